The van der Waals surface area contributed by atoms with Crippen LogP contribution in [0.5, 0.6) is 0 Å². The smallest absolute Gasteiger partial charge is 0.152 e. The van der Waals surface area contributed by atoms with E-state index in [-0.39, 0.29) is 6.10 Å². The second-order valence-electron chi connectivity index (χ2n) is 3.73. The number of halogens is 1. The largest absolute Gasteiger partial charge is 0.457 e. The highest BCUT2D eigenvalue weighted by molar-refractivity contribution is 6.34. The van der Waals surface area contributed by atoms with Gasteiger partial charge in [-0.1, -0.05) is 23.7 Å². The van der Waals surface area contributed by atoms with Crippen LogP contribution in [0.25, 0.3) is 11.0 Å². The standard InChI is InChI=1S/C12H13ClO2/c1-8(2)14-7-10-6-9-4-3-5-11(13)12(9)15-10/h3-6,8H,7H2,1-2H3. The van der Waals surface area contributed by atoms with E-state index in [1.165, 1.54) is 0 Å². The Balaban J connectivity index is 2.27. The Labute approximate surface area is 93.8 Å². The van der Waals surface area contributed by atoms with E-state index in [1.54, 1.807) is 0 Å². The molecule has 0 aliphatic heterocycles. The molecular formula is C12H13ClO2. The SMILES string of the molecule is CC(C)OCc1cc2cccc(Cl)c2o1. The first-order valence-electron chi connectivity index (χ1n) is 4.95. The molecule has 1 aromatic carbocycles. The van der Waals surface area contributed by atoms with E-state index < -0.39 is 0 Å². The summed E-state index contributed by atoms with van der Waals surface area (Å²) in [7, 11) is 0. The van der Waals surface area contributed by atoms with Crippen molar-refractivity contribution in [1.82, 2.24) is 0 Å². The molecule has 0 aliphatic rings. The number of ether oxygens (including phenoxy) is 1. The van der Waals surface area contributed by atoms with Crippen LogP contribution in [-0.2, 0) is 11.3 Å². The van der Waals surface area contributed by atoms with Gasteiger partial charge in [0.15, 0.2) is 5.58 Å². The third-order valence-corrected chi connectivity index (χ3v) is 2.40. The lowest BCUT2D eigenvalue weighted by Crippen LogP contribution is -2.01. The van der Waals surface area contributed by atoms with Crippen LogP contribution in [0.1, 0.15) is 19.6 Å². The highest BCUT2D eigenvalue weighted by Gasteiger charge is 2.07. The molecule has 2 rings (SSSR count). The molecule has 0 radical (unpaired) electrons. The monoisotopic (exact) mass is 224 g/mol. The third kappa shape index (κ3) is 2.33. The number of benzene rings is 1. The van der Waals surface area contributed by atoms with E-state index >= 15 is 0 Å². The van der Waals surface area contributed by atoms with Gasteiger partial charge in [0, 0.05) is 5.39 Å². The summed E-state index contributed by atoms with van der Waals surface area (Å²) in [6.45, 7) is 4.48. The molecule has 3 heteroatoms. The predicted molar refractivity (Wildman–Crippen MR) is 61.1 cm³/mol. The predicted octanol–water partition coefficient (Wildman–Crippen LogP) is 4.01. The quantitative estimate of drug-likeness (QED) is 0.786. The Morgan fingerprint density at radius 2 is 2.20 bits per heavy atom. The van der Waals surface area contributed by atoms with Gasteiger partial charge >= 0.3 is 0 Å². The van der Waals surface area contributed by atoms with Crippen molar-refractivity contribution in [2.75, 3.05) is 0 Å². The van der Waals surface area contributed by atoms with E-state index in [0.717, 1.165) is 16.7 Å². The van der Waals surface area contributed by atoms with Crippen molar-refractivity contribution in [3.05, 3.63) is 35.0 Å². The van der Waals surface area contributed by atoms with Crippen LogP contribution in [0.4, 0.5) is 0 Å². The summed E-state index contributed by atoms with van der Waals surface area (Å²) in [5.74, 6) is 0.812. The van der Waals surface area contributed by atoms with Crippen LogP contribution >= 0.6 is 11.6 Å². The van der Waals surface area contributed by atoms with Crippen molar-refractivity contribution in [3.63, 3.8) is 0 Å². The van der Waals surface area contributed by atoms with E-state index in [0.29, 0.717) is 11.6 Å². The summed E-state index contributed by atoms with van der Waals surface area (Å²) in [5, 5.41) is 1.66. The second kappa shape index (κ2) is 4.25. The molecule has 0 N–H and O–H groups in total. The molecule has 0 saturated heterocycles. The summed E-state index contributed by atoms with van der Waals surface area (Å²) in [5.41, 5.74) is 0.738. The first-order valence-corrected chi connectivity index (χ1v) is 5.33. The van der Waals surface area contributed by atoms with Crippen molar-refractivity contribution in [2.45, 2.75) is 26.6 Å². The molecule has 0 spiro atoms. The Hall–Kier alpha value is -0.990. The molecule has 0 aliphatic carbocycles. The lowest BCUT2D eigenvalue weighted by molar-refractivity contribution is 0.0553. The van der Waals surface area contributed by atoms with Gasteiger partial charge in [-0.3, -0.25) is 0 Å². The average molecular weight is 225 g/mol. The lowest BCUT2D eigenvalue weighted by atomic mass is 10.2. The van der Waals surface area contributed by atoms with Crippen LogP contribution in [0.15, 0.2) is 28.7 Å². The first kappa shape index (κ1) is 10.5. The molecule has 2 nitrogen and oxygen atoms in total. The number of furan rings is 1. The van der Waals surface area contributed by atoms with Crippen molar-refractivity contribution >= 4 is 22.6 Å². The van der Waals surface area contributed by atoms with Crippen LogP contribution in [0, 0.1) is 0 Å². The molecule has 80 valence electrons. The molecule has 0 saturated carbocycles. The number of rotatable bonds is 3. The minimum atomic E-state index is 0.202. The normalized spacial score (nSPS) is 11.5. The maximum absolute atomic E-state index is 6.00. The minimum absolute atomic E-state index is 0.202. The molecular weight excluding hydrogens is 212 g/mol. The van der Waals surface area contributed by atoms with Crippen LogP contribution < -0.4 is 0 Å². The molecule has 1 heterocycles. The van der Waals surface area contributed by atoms with Gasteiger partial charge in [-0.15, -0.1) is 0 Å². The van der Waals surface area contributed by atoms with E-state index in [4.69, 9.17) is 20.8 Å². The van der Waals surface area contributed by atoms with Gasteiger partial charge in [0.1, 0.15) is 12.4 Å². The van der Waals surface area contributed by atoms with Crippen LogP contribution in [0.2, 0.25) is 5.02 Å². The van der Waals surface area contributed by atoms with Crippen LogP contribution in [-0.4, -0.2) is 6.10 Å². The fourth-order valence-corrected chi connectivity index (χ4v) is 1.62. The summed E-state index contributed by atoms with van der Waals surface area (Å²) in [4.78, 5) is 0. The minimum Gasteiger partial charge on any atom is -0.457 e. The van der Waals surface area contributed by atoms with Crippen molar-refractivity contribution < 1.29 is 9.15 Å². The van der Waals surface area contributed by atoms with Gasteiger partial charge in [0.25, 0.3) is 0 Å². The highest BCUT2D eigenvalue weighted by Crippen LogP contribution is 2.26. The highest BCUT2D eigenvalue weighted by atomic mass is 35.5. The molecule has 0 amide bonds. The second-order valence-corrected chi connectivity index (χ2v) is 4.14. The fraction of sp³-hybridized carbons (Fsp3) is 0.333. The van der Waals surface area contributed by atoms with Crippen molar-refractivity contribution in [2.24, 2.45) is 0 Å². The van der Waals surface area contributed by atoms with Gasteiger partial charge in [-0.25, -0.2) is 0 Å². The van der Waals surface area contributed by atoms with Gasteiger partial charge in [-0.2, -0.15) is 0 Å². The topological polar surface area (TPSA) is 22.4 Å². The maximum Gasteiger partial charge on any atom is 0.152 e. The summed E-state index contributed by atoms with van der Waals surface area (Å²) < 4.78 is 11.1. The summed E-state index contributed by atoms with van der Waals surface area (Å²) in [6, 6.07) is 7.67. The number of para-hydroxylation sites is 1. The molecule has 0 fully saturated rings. The summed E-state index contributed by atoms with van der Waals surface area (Å²) in [6.07, 6.45) is 0.202. The maximum atomic E-state index is 6.00. The van der Waals surface area contributed by atoms with E-state index in [2.05, 4.69) is 0 Å². The molecule has 0 bridgehead atoms. The average Bonchev–Trinajstić information content (AvgIpc) is 2.59. The van der Waals surface area contributed by atoms with Gasteiger partial charge in [-0.05, 0) is 26.0 Å². The molecule has 0 unspecified atom stereocenters. The zero-order valence-corrected chi connectivity index (χ0v) is 9.54. The lowest BCUT2D eigenvalue weighted by Gasteiger charge is -2.03. The third-order valence-electron chi connectivity index (χ3n) is 2.11. The van der Waals surface area contributed by atoms with Gasteiger partial charge in [0.05, 0.1) is 11.1 Å². The Kier molecular flexibility index (Phi) is 2.98. The zero-order valence-electron chi connectivity index (χ0n) is 8.79. The Morgan fingerprint density at radius 1 is 1.40 bits per heavy atom. The zero-order chi connectivity index (χ0) is 10.8. The number of hydrogen-bond acceptors (Lipinski definition) is 2. The number of hydrogen-bond donors (Lipinski definition) is 0. The van der Waals surface area contributed by atoms with E-state index in [1.807, 2.05) is 38.1 Å². The van der Waals surface area contributed by atoms with Crippen LogP contribution in [0.3, 0.4) is 0 Å². The first-order chi connectivity index (χ1) is 7.16. The molecule has 0 atom stereocenters. The fourth-order valence-electron chi connectivity index (χ4n) is 1.40. The van der Waals surface area contributed by atoms with E-state index in [9.17, 15) is 0 Å². The van der Waals surface area contributed by atoms with Crippen molar-refractivity contribution in [1.29, 1.82) is 0 Å². The summed E-state index contributed by atoms with van der Waals surface area (Å²) >= 11 is 6.00. The number of fused-ring (bicyclic) bond motifs is 1. The molecule has 2 aromatic rings. The Bertz CT molecular complexity index is 460. The van der Waals surface area contributed by atoms with Crippen molar-refractivity contribution in [3.8, 4) is 0 Å². The molecule has 1 aromatic heterocycles. The van der Waals surface area contributed by atoms with Gasteiger partial charge in [0.2, 0.25) is 0 Å². The Morgan fingerprint density at radius 3 is 2.87 bits per heavy atom. The van der Waals surface area contributed by atoms with Gasteiger partial charge < -0.3 is 9.15 Å². The molecule has 15 heavy (non-hydrogen) atoms.